The molecule has 90 valence electrons. The minimum atomic E-state index is 0.624. The van der Waals surface area contributed by atoms with E-state index in [0.29, 0.717) is 11.3 Å². The molecule has 0 saturated heterocycles. The predicted octanol–water partition coefficient (Wildman–Crippen LogP) is 2.73. The monoisotopic (exact) mass is 245 g/mol. The number of hydrogen-bond donors (Lipinski definition) is 0. The van der Waals surface area contributed by atoms with Gasteiger partial charge in [-0.15, -0.1) is 0 Å². The van der Waals surface area contributed by atoms with E-state index in [1.165, 1.54) is 0 Å². The van der Waals surface area contributed by atoms with Crippen molar-refractivity contribution in [2.24, 2.45) is 0 Å². The summed E-state index contributed by atoms with van der Waals surface area (Å²) in [5.41, 5.74) is 4.20. The van der Waals surface area contributed by atoms with Crippen LogP contribution in [-0.4, -0.2) is 15.0 Å². The Balaban J connectivity index is 2.01. The van der Waals surface area contributed by atoms with Crippen molar-refractivity contribution >= 4 is 11.2 Å². The molecular formula is C16H11N3. The Morgan fingerprint density at radius 1 is 0.947 bits per heavy atom. The zero-order valence-corrected chi connectivity index (χ0v) is 10.5. The maximum atomic E-state index is 4.37. The fraction of sp³-hybridized carbons (Fsp3) is 0.0625. The number of fused-ring (bicyclic) bond motifs is 1. The molecule has 3 aromatic rings. The Labute approximate surface area is 111 Å². The molecule has 0 saturated carbocycles. The third kappa shape index (κ3) is 2.43. The van der Waals surface area contributed by atoms with Crippen LogP contribution in [0.1, 0.15) is 16.8 Å². The summed E-state index contributed by atoms with van der Waals surface area (Å²) in [6.45, 7) is 2.04. The van der Waals surface area contributed by atoms with Crippen LogP contribution < -0.4 is 0 Å². The molecule has 0 N–H and O–H groups in total. The van der Waals surface area contributed by atoms with E-state index in [0.717, 1.165) is 16.6 Å². The number of benzene rings is 1. The summed E-state index contributed by atoms with van der Waals surface area (Å²) in [7, 11) is 0. The van der Waals surface area contributed by atoms with Crippen molar-refractivity contribution in [2.75, 3.05) is 0 Å². The van der Waals surface area contributed by atoms with Crippen LogP contribution in [-0.2, 0) is 0 Å². The molecule has 0 unspecified atom stereocenters. The number of aromatic nitrogens is 3. The molecule has 0 spiro atoms. The lowest BCUT2D eigenvalue weighted by molar-refractivity contribution is 1.20. The van der Waals surface area contributed by atoms with E-state index in [9.17, 15) is 0 Å². The minimum Gasteiger partial charge on any atom is -0.250 e. The van der Waals surface area contributed by atoms with E-state index in [2.05, 4.69) is 26.8 Å². The molecule has 0 atom stereocenters. The minimum absolute atomic E-state index is 0.624. The summed E-state index contributed by atoms with van der Waals surface area (Å²) >= 11 is 0. The zero-order chi connectivity index (χ0) is 13.1. The van der Waals surface area contributed by atoms with Gasteiger partial charge in [0.15, 0.2) is 5.65 Å². The molecule has 3 rings (SSSR count). The molecule has 0 fully saturated rings. The van der Waals surface area contributed by atoms with Crippen molar-refractivity contribution in [3.63, 3.8) is 0 Å². The largest absolute Gasteiger partial charge is 0.250 e. The van der Waals surface area contributed by atoms with Gasteiger partial charge in [0.05, 0.1) is 6.20 Å². The lowest BCUT2D eigenvalue weighted by atomic mass is 10.1. The molecule has 0 bridgehead atoms. The average molecular weight is 245 g/mol. The lowest BCUT2D eigenvalue weighted by Gasteiger charge is -1.96. The molecule has 0 amide bonds. The van der Waals surface area contributed by atoms with Crippen LogP contribution >= 0.6 is 0 Å². The summed E-state index contributed by atoms with van der Waals surface area (Å²) in [6.07, 6.45) is 3.38. The Morgan fingerprint density at radius 2 is 1.84 bits per heavy atom. The summed E-state index contributed by atoms with van der Waals surface area (Å²) in [4.78, 5) is 12.8. The Bertz CT molecular complexity index is 797. The van der Waals surface area contributed by atoms with E-state index in [1.54, 1.807) is 12.4 Å². The Kier molecular flexibility index (Phi) is 2.91. The molecule has 0 radical (unpaired) electrons. The summed E-state index contributed by atoms with van der Waals surface area (Å²) in [5.74, 6) is 6.14. The standard InChI is InChI=1S/C16H11N3/c1-12-5-2-3-6-13(12)8-9-14-11-18-15-7-4-10-17-16(15)19-14/h2-7,10-11H,1H3. The quantitative estimate of drug-likeness (QED) is 0.572. The Hall–Kier alpha value is -2.73. The van der Waals surface area contributed by atoms with Gasteiger partial charge >= 0.3 is 0 Å². The topological polar surface area (TPSA) is 38.7 Å². The molecule has 0 aliphatic carbocycles. The van der Waals surface area contributed by atoms with E-state index < -0.39 is 0 Å². The third-order valence-corrected chi connectivity index (χ3v) is 2.79. The lowest BCUT2D eigenvalue weighted by Crippen LogP contribution is -1.90. The van der Waals surface area contributed by atoms with Gasteiger partial charge in [-0.3, -0.25) is 0 Å². The van der Waals surface area contributed by atoms with Crippen LogP contribution in [0.2, 0.25) is 0 Å². The van der Waals surface area contributed by atoms with Crippen LogP contribution in [0.25, 0.3) is 11.2 Å². The highest BCUT2D eigenvalue weighted by Gasteiger charge is 1.97. The van der Waals surface area contributed by atoms with Crippen molar-refractivity contribution in [1.29, 1.82) is 0 Å². The zero-order valence-electron chi connectivity index (χ0n) is 10.5. The molecule has 3 nitrogen and oxygen atoms in total. The Morgan fingerprint density at radius 3 is 2.74 bits per heavy atom. The number of hydrogen-bond acceptors (Lipinski definition) is 3. The summed E-state index contributed by atoms with van der Waals surface area (Å²) in [6, 6.07) is 11.7. The van der Waals surface area contributed by atoms with Crippen LogP contribution in [0.4, 0.5) is 0 Å². The fourth-order valence-electron chi connectivity index (χ4n) is 1.75. The van der Waals surface area contributed by atoms with Gasteiger partial charge in [0.1, 0.15) is 11.2 Å². The van der Waals surface area contributed by atoms with Crippen LogP contribution in [0.15, 0.2) is 48.8 Å². The van der Waals surface area contributed by atoms with Crippen molar-refractivity contribution in [3.8, 4) is 11.8 Å². The predicted molar refractivity (Wildman–Crippen MR) is 74.5 cm³/mol. The fourth-order valence-corrected chi connectivity index (χ4v) is 1.75. The smallest absolute Gasteiger partial charge is 0.179 e. The molecular weight excluding hydrogens is 234 g/mol. The van der Waals surface area contributed by atoms with Crippen molar-refractivity contribution in [1.82, 2.24) is 15.0 Å². The average Bonchev–Trinajstić information content (AvgIpc) is 2.46. The van der Waals surface area contributed by atoms with Gasteiger partial charge in [-0.1, -0.05) is 24.1 Å². The summed E-state index contributed by atoms with van der Waals surface area (Å²) < 4.78 is 0. The maximum absolute atomic E-state index is 4.37. The maximum Gasteiger partial charge on any atom is 0.179 e. The second kappa shape index (κ2) is 4.87. The molecule has 19 heavy (non-hydrogen) atoms. The van der Waals surface area contributed by atoms with Crippen molar-refractivity contribution < 1.29 is 0 Å². The summed E-state index contributed by atoms with van der Waals surface area (Å²) in [5, 5.41) is 0. The first-order chi connectivity index (χ1) is 9.33. The van der Waals surface area contributed by atoms with Gasteiger partial charge in [0.2, 0.25) is 0 Å². The number of pyridine rings is 1. The molecule has 0 aliphatic rings. The van der Waals surface area contributed by atoms with Gasteiger partial charge in [-0.25, -0.2) is 15.0 Å². The normalized spacial score (nSPS) is 9.95. The van der Waals surface area contributed by atoms with Gasteiger partial charge < -0.3 is 0 Å². The highest BCUT2D eigenvalue weighted by atomic mass is 14.9. The van der Waals surface area contributed by atoms with Gasteiger partial charge in [-0.05, 0) is 36.6 Å². The van der Waals surface area contributed by atoms with Crippen molar-refractivity contribution in [3.05, 3.63) is 65.6 Å². The van der Waals surface area contributed by atoms with E-state index >= 15 is 0 Å². The van der Waals surface area contributed by atoms with Crippen LogP contribution in [0.5, 0.6) is 0 Å². The third-order valence-electron chi connectivity index (χ3n) is 2.79. The van der Waals surface area contributed by atoms with Gasteiger partial charge in [-0.2, -0.15) is 0 Å². The highest BCUT2D eigenvalue weighted by molar-refractivity contribution is 5.69. The second-order valence-corrected chi connectivity index (χ2v) is 4.17. The van der Waals surface area contributed by atoms with E-state index in [-0.39, 0.29) is 0 Å². The highest BCUT2D eigenvalue weighted by Crippen LogP contribution is 2.07. The second-order valence-electron chi connectivity index (χ2n) is 4.17. The SMILES string of the molecule is Cc1ccccc1C#Cc1cnc2cccnc2n1. The first-order valence-corrected chi connectivity index (χ1v) is 5.98. The number of nitrogens with zero attached hydrogens (tertiary/aromatic N) is 3. The first kappa shape index (κ1) is 11.4. The molecule has 3 heteroatoms. The van der Waals surface area contributed by atoms with Crippen LogP contribution in [0.3, 0.4) is 0 Å². The van der Waals surface area contributed by atoms with Crippen molar-refractivity contribution in [2.45, 2.75) is 6.92 Å². The molecule has 2 aromatic heterocycles. The van der Waals surface area contributed by atoms with E-state index in [4.69, 9.17) is 0 Å². The molecule has 1 aromatic carbocycles. The number of rotatable bonds is 0. The van der Waals surface area contributed by atoms with Crippen LogP contribution in [0, 0.1) is 18.8 Å². The van der Waals surface area contributed by atoms with Gasteiger partial charge in [0, 0.05) is 11.8 Å². The number of aryl methyl sites for hydroxylation is 1. The molecule has 0 aliphatic heterocycles. The van der Waals surface area contributed by atoms with Gasteiger partial charge in [0.25, 0.3) is 0 Å². The molecule has 2 heterocycles. The first-order valence-electron chi connectivity index (χ1n) is 5.98. The van der Waals surface area contributed by atoms with E-state index in [1.807, 2.05) is 43.3 Å².